The quantitative estimate of drug-likeness (QED) is 0.502. The SMILES string of the molecule is CCCCCCCC1OCC2(CO)COC(CCCCCCC)N12. The lowest BCUT2D eigenvalue weighted by molar-refractivity contribution is -0.0666. The van der Waals surface area contributed by atoms with Gasteiger partial charge in [-0.2, -0.15) is 0 Å². The molecule has 2 saturated heterocycles. The van der Waals surface area contributed by atoms with Gasteiger partial charge >= 0.3 is 0 Å². The molecule has 0 amide bonds. The van der Waals surface area contributed by atoms with E-state index in [9.17, 15) is 5.11 Å². The molecule has 0 aromatic carbocycles. The van der Waals surface area contributed by atoms with E-state index >= 15 is 0 Å². The van der Waals surface area contributed by atoms with Crippen LogP contribution in [0.2, 0.25) is 0 Å². The van der Waals surface area contributed by atoms with E-state index in [4.69, 9.17) is 9.47 Å². The zero-order chi connectivity index (χ0) is 17.3. The zero-order valence-electron chi connectivity index (χ0n) is 16.0. The van der Waals surface area contributed by atoms with Crippen molar-refractivity contribution in [1.82, 2.24) is 4.90 Å². The van der Waals surface area contributed by atoms with Crippen molar-refractivity contribution in [3.63, 3.8) is 0 Å². The van der Waals surface area contributed by atoms with Crippen LogP contribution in [0.25, 0.3) is 0 Å². The average Bonchev–Trinajstić information content (AvgIpc) is 3.13. The van der Waals surface area contributed by atoms with E-state index in [1.165, 1.54) is 64.2 Å². The summed E-state index contributed by atoms with van der Waals surface area (Å²) in [4.78, 5) is 2.38. The van der Waals surface area contributed by atoms with Gasteiger partial charge in [0.1, 0.15) is 12.5 Å². The first kappa shape index (κ1) is 20.2. The molecule has 0 bridgehead atoms. The molecular formula is C20H39NO3. The lowest BCUT2D eigenvalue weighted by Crippen LogP contribution is -2.51. The molecular weight excluding hydrogens is 302 g/mol. The second-order valence-electron chi connectivity index (χ2n) is 7.73. The van der Waals surface area contributed by atoms with E-state index < -0.39 is 0 Å². The van der Waals surface area contributed by atoms with Crippen molar-refractivity contribution in [2.75, 3.05) is 19.8 Å². The number of fused-ring (bicyclic) bond motifs is 1. The fourth-order valence-electron chi connectivity index (χ4n) is 4.11. The number of hydrogen-bond acceptors (Lipinski definition) is 4. The summed E-state index contributed by atoms with van der Waals surface area (Å²) in [6, 6.07) is 0. The molecule has 0 spiro atoms. The molecule has 4 nitrogen and oxygen atoms in total. The van der Waals surface area contributed by atoms with Gasteiger partial charge in [-0.05, 0) is 25.7 Å². The predicted octanol–water partition coefficient (Wildman–Crippen LogP) is 4.45. The molecule has 2 aliphatic heterocycles. The topological polar surface area (TPSA) is 41.9 Å². The van der Waals surface area contributed by atoms with Crippen LogP contribution in [0.4, 0.5) is 0 Å². The van der Waals surface area contributed by atoms with Crippen molar-refractivity contribution in [2.45, 2.75) is 109 Å². The van der Waals surface area contributed by atoms with Crippen LogP contribution >= 0.6 is 0 Å². The minimum atomic E-state index is -0.276. The Hall–Kier alpha value is -0.160. The standard InChI is InChI=1S/C20H39NO3/c1-3-5-7-9-11-13-18-21-19(14-12-10-8-6-4-2)24-17-20(21,15-22)16-23-18/h18-19,22H,3-17H2,1-2H3. The summed E-state index contributed by atoms with van der Waals surface area (Å²) in [7, 11) is 0. The van der Waals surface area contributed by atoms with Gasteiger partial charge < -0.3 is 14.6 Å². The van der Waals surface area contributed by atoms with Gasteiger partial charge in [0.25, 0.3) is 0 Å². The fourth-order valence-corrected chi connectivity index (χ4v) is 4.11. The Bertz CT molecular complexity index is 311. The largest absolute Gasteiger partial charge is 0.394 e. The third-order valence-electron chi connectivity index (χ3n) is 5.66. The van der Waals surface area contributed by atoms with Gasteiger partial charge in [0.05, 0.1) is 25.4 Å². The molecule has 2 heterocycles. The Balaban J connectivity index is 1.79. The van der Waals surface area contributed by atoms with Crippen LogP contribution in [0.3, 0.4) is 0 Å². The summed E-state index contributed by atoms with van der Waals surface area (Å²) < 4.78 is 12.2. The fraction of sp³-hybridized carbons (Fsp3) is 1.00. The van der Waals surface area contributed by atoms with Crippen molar-refractivity contribution in [1.29, 1.82) is 0 Å². The number of aliphatic hydroxyl groups is 1. The maximum absolute atomic E-state index is 9.94. The van der Waals surface area contributed by atoms with E-state index in [0.717, 1.165) is 12.8 Å². The Morgan fingerprint density at radius 1 is 0.792 bits per heavy atom. The predicted molar refractivity (Wildman–Crippen MR) is 97.9 cm³/mol. The summed E-state index contributed by atoms with van der Waals surface area (Å²) in [6.45, 7) is 5.89. The third kappa shape index (κ3) is 5.17. The first-order valence-corrected chi connectivity index (χ1v) is 10.4. The molecule has 0 saturated carbocycles. The molecule has 0 aliphatic carbocycles. The molecule has 2 aliphatic rings. The normalized spacial score (nSPS) is 30.1. The summed E-state index contributed by atoms with van der Waals surface area (Å²) in [6.07, 6.45) is 15.3. The lowest BCUT2D eigenvalue weighted by atomic mass is 10.0. The number of nitrogens with zero attached hydrogens (tertiary/aromatic N) is 1. The molecule has 2 fully saturated rings. The molecule has 0 radical (unpaired) electrons. The van der Waals surface area contributed by atoms with Crippen LogP contribution in [0.1, 0.15) is 90.9 Å². The van der Waals surface area contributed by atoms with Crippen molar-refractivity contribution < 1.29 is 14.6 Å². The number of unbranched alkanes of at least 4 members (excludes halogenated alkanes) is 8. The number of ether oxygens (including phenoxy) is 2. The molecule has 4 heteroatoms. The summed E-state index contributed by atoms with van der Waals surface area (Å²) in [5.74, 6) is 0. The Morgan fingerprint density at radius 3 is 1.67 bits per heavy atom. The minimum absolute atomic E-state index is 0.141. The van der Waals surface area contributed by atoms with Gasteiger partial charge in [-0.25, -0.2) is 4.90 Å². The van der Waals surface area contributed by atoms with Gasteiger partial charge in [0.15, 0.2) is 0 Å². The van der Waals surface area contributed by atoms with Gasteiger partial charge in [-0.1, -0.05) is 65.2 Å². The molecule has 24 heavy (non-hydrogen) atoms. The Labute approximate surface area is 148 Å². The van der Waals surface area contributed by atoms with E-state index in [-0.39, 0.29) is 24.6 Å². The van der Waals surface area contributed by atoms with Gasteiger partial charge in [0, 0.05) is 0 Å². The van der Waals surface area contributed by atoms with E-state index in [2.05, 4.69) is 18.7 Å². The summed E-state index contributed by atoms with van der Waals surface area (Å²) >= 11 is 0. The second kappa shape index (κ2) is 10.7. The molecule has 1 N–H and O–H groups in total. The molecule has 0 aromatic rings. The van der Waals surface area contributed by atoms with E-state index in [1.807, 2.05) is 0 Å². The second-order valence-corrected chi connectivity index (χ2v) is 7.73. The smallest absolute Gasteiger partial charge is 0.113 e. The highest BCUT2D eigenvalue weighted by molar-refractivity contribution is 5.01. The van der Waals surface area contributed by atoms with E-state index in [1.54, 1.807) is 0 Å². The van der Waals surface area contributed by atoms with E-state index in [0.29, 0.717) is 13.2 Å². The molecule has 2 rings (SSSR count). The van der Waals surface area contributed by atoms with Crippen LogP contribution in [-0.4, -0.2) is 47.8 Å². The number of aliphatic hydroxyl groups excluding tert-OH is 1. The monoisotopic (exact) mass is 341 g/mol. The van der Waals surface area contributed by atoms with Crippen molar-refractivity contribution in [2.24, 2.45) is 0 Å². The minimum Gasteiger partial charge on any atom is -0.394 e. The van der Waals surface area contributed by atoms with Gasteiger partial charge in [-0.3, -0.25) is 0 Å². The number of rotatable bonds is 13. The van der Waals surface area contributed by atoms with Crippen molar-refractivity contribution in [3.05, 3.63) is 0 Å². The molecule has 2 atom stereocenters. The van der Waals surface area contributed by atoms with Gasteiger partial charge in [-0.15, -0.1) is 0 Å². The van der Waals surface area contributed by atoms with Gasteiger partial charge in [0.2, 0.25) is 0 Å². The summed E-state index contributed by atoms with van der Waals surface area (Å²) in [5, 5.41) is 9.94. The third-order valence-corrected chi connectivity index (χ3v) is 5.66. The molecule has 0 aromatic heterocycles. The highest BCUT2D eigenvalue weighted by atomic mass is 16.6. The maximum atomic E-state index is 9.94. The van der Waals surface area contributed by atoms with Crippen LogP contribution < -0.4 is 0 Å². The lowest BCUT2D eigenvalue weighted by Gasteiger charge is -2.32. The molecule has 2 unspecified atom stereocenters. The van der Waals surface area contributed by atoms with Crippen LogP contribution in [0.15, 0.2) is 0 Å². The zero-order valence-corrected chi connectivity index (χ0v) is 16.0. The van der Waals surface area contributed by atoms with Crippen LogP contribution in [-0.2, 0) is 9.47 Å². The van der Waals surface area contributed by atoms with Crippen LogP contribution in [0.5, 0.6) is 0 Å². The highest BCUT2D eigenvalue weighted by Crippen LogP contribution is 2.39. The Kier molecular flexibility index (Phi) is 9.02. The summed E-state index contributed by atoms with van der Waals surface area (Å²) in [5.41, 5.74) is -0.276. The Morgan fingerprint density at radius 2 is 1.25 bits per heavy atom. The molecule has 142 valence electrons. The first-order chi connectivity index (χ1) is 11.8. The maximum Gasteiger partial charge on any atom is 0.113 e. The first-order valence-electron chi connectivity index (χ1n) is 10.4. The van der Waals surface area contributed by atoms with Crippen molar-refractivity contribution in [3.8, 4) is 0 Å². The average molecular weight is 342 g/mol. The highest BCUT2D eigenvalue weighted by Gasteiger charge is 2.54. The van der Waals surface area contributed by atoms with Crippen LogP contribution in [0, 0.1) is 0 Å². The van der Waals surface area contributed by atoms with Crippen molar-refractivity contribution >= 4 is 0 Å². The number of hydrogen-bond donors (Lipinski definition) is 1.